The van der Waals surface area contributed by atoms with Gasteiger partial charge >= 0.3 is 11.9 Å². The van der Waals surface area contributed by atoms with Crippen molar-refractivity contribution in [2.45, 2.75) is 20.3 Å². The lowest BCUT2D eigenvalue weighted by molar-refractivity contribution is -0.147. The first-order valence-corrected chi connectivity index (χ1v) is 11.9. The van der Waals surface area contributed by atoms with E-state index in [1.807, 2.05) is 49.4 Å². The summed E-state index contributed by atoms with van der Waals surface area (Å²) in [6.07, 6.45) is -0.0872. The molecule has 0 spiro atoms. The average molecular weight is 495 g/mol. The third kappa shape index (κ3) is 7.00. The van der Waals surface area contributed by atoms with Crippen LogP contribution in [0.4, 0.5) is 5.00 Å². The molecule has 0 atom stereocenters. The maximum Gasteiger partial charge on any atom is 0.341 e. The highest BCUT2D eigenvalue weighted by molar-refractivity contribution is 7.15. The fraction of sp³-hybridized carbons (Fsp3) is 0.231. The maximum absolute atomic E-state index is 12.6. The van der Waals surface area contributed by atoms with Crippen LogP contribution in [0.1, 0.15) is 39.6 Å². The number of anilines is 1. The summed E-state index contributed by atoms with van der Waals surface area (Å²) >= 11 is 1.18. The molecule has 0 saturated carbocycles. The first-order valence-electron chi connectivity index (χ1n) is 11.0. The van der Waals surface area contributed by atoms with Gasteiger partial charge in [-0.25, -0.2) is 4.79 Å². The van der Waals surface area contributed by atoms with Crippen molar-refractivity contribution < 1.29 is 28.7 Å². The number of nitrogens with one attached hydrogen (secondary N) is 2. The predicted octanol–water partition coefficient (Wildman–Crippen LogP) is 4.20. The zero-order valence-electron chi connectivity index (χ0n) is 19.5. The van der Waals surface area contributed by atoms with E-state index in [2.05, 4.69) is 10.6 Å². The van der Waals surface area contributed by atoms with Crippen molar-refractivity contribution in [1.82, 2.24) is 5.32 Å². The number of hydrogen-bond donors (Lipinski definition) is 2. The van der Waals surface area contributed by atoms with Gasteiger partial charge in [-0.15, -0.1) is 11.3 Å². The highest BCUT2D eigenvalue weighted by atomic mass is 32.1. The minimum absolute atomic E-state index is 0.0754. The van der Waals surface area contributed by atoms with E-state index in [0.717, 1.165) is 11.1 Å². The van der Waals surface area contributed by atoms with E-state index in [1.165, 1.54) is 11.3 Å². The Balaban J connectivity index is 1.53. The molecule has 2 amide bonds. The van der Waals surface area contributed by atoms with Gasteiger partial charge in [0.2, 0.25) is 0 Å². The predicted molar refractivity (Wildman–Crippen MR) is 133 cm³/mol. The average Bonchev–Trinajstić information content (AvgIpc) is 3.27. The van der Waals surface area contributed by atoms with E-state index in [9.17, 15) is 19.2 Å². The fourth-order valence-electron chi connectivity index (χ4n) is 3.27. The Morgan fingerprint density at radius 3 is 2.37 bits per heavy atom. The molecule has 9 heteroatoms. The molecule has 1 heterocycles. The number of carbonyl (C=O) groups excluding carboxylic acids is 4. The van der Waals surface area contributed by atoms with E-state index in [-0.39, 0.29) is 31.0 Å². The van der Waals surface area contributed by atoms with Gasteiger partial charge in [0, 0.05) is 23.1 Å². The van der Waals surface area contributed by atoms with E-state index < -0.39 is 24.5 Å². The molecule has 0 saturated heterocycles. The van der Waals surface area contributed by atoms with Crippen molar-refractivity contribution in [2.75, 3.05) is 25.1 Å². The molecule has 3 rings (SSSR count). The monoisotopic (exact) mass is 494 g/mol. The third-order valence-electron chi connectivity index (χ3n) is 4.98. The standard InChI is InChI=1S/C26H26N2O6S/c1-3-33-26(32)23-20(18-10-5-4-6-11-18)16-35-25(23)28-21(29)15-34-22(30)13-14-27-24(31)19-12-8-7-9-17(19)2/h4-12,16H,3,13-15H2,1-2H3,(H,27,31)(H,28,29). The molecule has 2 aromatic carbocycles. The number of carbonyl (C=O) groups is 4. The summed E-state index contributed by atoms with van der Waals surface area (Å²) in [7, 11) is 0. The molecule has 0 aliphatic heterocycles. The quantitative estimate of drug-likeness (QED) is 0.409. The summed E-state index contributed by atoms with van der Waals surface area (Å²) in [5.41, 5.74) is 3.07. The van der Waals surface area contributed by atoms with Crippen LogP contribution in [0.25, 0.3) is 11.1 Å². The zero-order chi connectivity index (χ0) is 25.2. The van der Waals surface area contributed by atoms with Gasteiger partial charge in [-0.2, -0.15) is 0 Å². The minimum atomic E-state index is -0.632. The molecule has 3 aromatic rings. The van der Waals surface area contributed by atoms with Gasteiger partial charge in [0.05, 0.1) is 13.0 Å². The number of esters is 2. The van der Waals surface area contributed by atoms with Gasteiger partial charge in [-0.3, -0.25) is 14.4 Å². The number of amides is 2. The molecule has 0 aliphatic carbocycles. The Labute approximate surface area is 207 Å². The van der Waals surface area contributed by atoms with Crippen LogP contribution in [0.15, 0.2) is 60.0 Å². The Bertz CT molecular complexity index is 1210. The molecule has 0 unspecified atom stereocenters. The van der Waals surface area contributed by atoms with Gasteiger partial charge in [-0.05, 0) is 31.0 Å². The molecule has 1 aromatic heterocycles. The lowest BCUT2D eigenvalue weighted by Gasteiger charge is -2.10. The van der Waals surface area contributed by atoms with Crippen LogP contribution < -0.4 is 10.6 Å². The summed E-state index contributed by atoms with van der Waals surface area (Å²) in [6, 6.07) is 16.4. The number of aryl methyl sites for hydroxylation is 1. The molecular formula is C26H26N2O6S. The molecule has 35 heavy (non-hydrogen) atoms. The van der Waals surface area contributed by atoms with Gasteiger partial charge < -0.3 is 20.1 Å². The third-order valence-corrected chi connectivity index (χ3v) is 5.87. The van der Waals surface area contributed by atoms with Crippen molar-refractivity contribution in [1.29, 1.82) is 0 Å². The first kappa shape index (κ1) is 25.6. The number of hydrogen-bond acceptors (Lipinski definition) is 7. The second-order valence-corrected chi connectivity index (χ2v) is 8.35. The van der Waals surface area contributed by atoms with Crippen LogP contribution in [0.5, 0.6) is 0 Å². The van der Waals surface area contributed by atoms with E-state index in [1.54, 1.807) is 24.4 Å². The van der Waals surface area contributed by atoms with Crippen LogP contribution in [-0.2, 0) is 19.1 Å². The zero-order valence-corrected chi connectivity index (χ0v) is 20.3. The normalized spacial score (nSPS) is 10.3. The second-order valence-electron chi connectivity index (χ2n) is 7.47. The summed E-state index contributed by atoms with van der Waals surface area (Å²) in [5, 5.41) is 7.37. The Hall–Kier alpha value is -3.98. The van der Waals surface area contributed by atoms with E-state index in [4.69, 9.17) is 9.47 Å². The van der Waals surface area contributed by atoms with Crippen LogP contribution >= 0.6 is 11.3 Å². The minimum Gasteiger partial charge on any atom is -0.462 e. The number of rotatable bonds is 10. The van der Waals surface area contributed by atoms with Crippen LogP contribution in [-0.4, -0.2) is 43.5 Å². The molecule has 0 bridgehead atoms. The van der Waals surface area contributed by atoms with Gasteiger partial charge in [-0.1, -0.05) is 48.5 Å². The van der Waals surface area contributed by atoms with Gasteiger partial charge in [0.15, 0.2) is 6.61 Å². The number of benzene rings is 2. The van der Waals surface area contributed by atoms with Crippen molar-refractivity contribution in [3.05, 3.63) is 76.7 Å². The number of thiophene rings is 1. The highest BCUT2D eigenvalue weighted by Crippen LogP contribution is 2.36. The van der Waals surface area contributed by atoms with Crippen LogP contribution in [0.2, 0.25) is 0 Å². The van der Waals surface area contributed by atoms with Gasteiger partial charge in [0.25, 0.3) is 11.8 Å². The van der Waals surface area contributed by atoms with Crippen molar-refractivity contribution >= 4 is 40.1 Å². The first-order chi connectivity index (χ1) is 16.9. The fourth-order valence-corrected chi connectivity index (χ4v) is 4.24. The molecule has 8 nitrogen and oxygen atoms in total. The second kappa shape index (κ2) is 12.5. The largest absolute Gasteiger partial charge is 0.462 e. The van der Waals surface area contributed by atoms with E-state index >= 15 is 0 Å². The van der Waals surface area contributed by atoms with Crippen molar-refractivity contribution in [3.8, 4) is 11.1 Å². The lowest BCUT2D eigenvalue weighted by atomic mass is 10.0. The molecule has 182 valence electrons. The summed E-state index contributed by atoms with van der Waals surface area (Å²) in [6.45, 7) is 3.27. The summed E-state index contributed by atoms with van der Waals surface area (Å²) < 4.78 is 10.2. The lowest BCUT2D eigenvalue weighted by Crippen LogP contribution is -2.28. The highest BCUT2D eigenvalue weighted by Gasteiger charge is 2.23. The van der Waals surface area contributed by atoms with Crippen molar-refractivity contribution in [3.63, 3.8) is 0 Å². The molecule has 0 fully saturated rings. The Morgan fingerprint density at radius 1 is 0.943 bits per heavy atom. The van der Waals surface area contributed by atoms with Crippen LogP contribution in [0.3, 0.4) is 0 Å². The van der Waals surface area contributed by atoms with Gasteiger partial charge in [0.1, 0.15) is 10.6 Å². The molecule has 0 radical (unpaired) electrons. The SMILES string of the molecule is CCOC(=O)c1c(-c2ccccc2)csc1NC(=O)COC(=O)CCNC(=O)c1ccccc1C. The van der Waals surface area contributed by atoms with E-state index in [0.29, 0.717) is 16.1 Å². The summed E-state index contributed by atoms with van der Waals surface area (Å²) in [4.78, 5) is 49.2. The molecule has 2 N–H and O–H groups in total. The Kier molecular flexibility index (Phi) is 9.14. The van der Waals surface area contributed by atoms with Crippen molar-refractivity contribution in [2.24, 2.45) is 0 Å². The molecular weight excluding hydrogens is 468 g/mol. The molecule has 0 aliphatic rings. The maximum atomic E-state index is 12.6. The van der Waals surface area contributed by atoms with Crippen LogP contribution in [0, 0.1) is 6.92 Å². The smallest absolute Gasteiger partial charge is 0.341 e. The summed E-state index contributed by atoms with van der Waals surface area (Å²) in [5.74, 6) is -2.06. The topological polar surface area (TPSA) is 111 Å². The Morgan fingerprint density at radius 2 is 1.66 bits per heavy atom. The number of ether oxygens (including phenoxy) is 2.